The summed E-state index contributed by atoms with van der Waals surface area (Å²) in [7, 11) is 0. The molecule has 0 spiro atoms. The highest BCUT2D eigenvalue weighted by Gasteiger charge is 2.23. The Labute approximate surface area is 77.0 Å². The van der Waals surface area contributed by atoms with Crippen molar-refractivity contribution in [2.45, 2.75) is 25.7 Å². The Hall–Kier alpha value is -1.38. The first-order chi connectivity index (χ1) is 6.20. The van der Waals surface area contributed by atoms with Crippen molar-refractivity contribution in [1.29, 1.82) is 0 Å². The molecule has 1 aliphatic rings. The summed E-state index contributed by atoms with van der Waals surface area (Å²) in [4.78, 5) is 15.1. The maximum absolute atomic E-state index is 11.0. The molecule has 0 radical (unpaired) electrons. The van der Waals surface area contributed by atoms with Gasteiger partial charge in [0.1, 0.15) is 0 Å². The van der Waals surface area contributed by atoms with Crippen LogP contribution < -0.4 is 5.73 Å². The molecule has 1 unspecified atom stereocenters. The molecule has 1 heterocycles. The first-order valence-corrected chi connectivity index (χ1v) is 4.46. The van der Waals surface area contributed by atoms with E-state index >= 15 is 0 Å². The van der Waals surface area contributed by atoms with E-state index in [-0.39, 0.29) is 5.91 Å². The van der Waals surface area contributed by atoms with Crippen LogP contribution >= 0.6 is 0 Å². The molecule has 0 aromatic carbocycles. The van der Waals surface area contributed by atoms with Crippen LogP contribution in [0.4, 0.5) is 0 Å². The van der Waals surface area contributed by atoms with Gasteiger partial charge in [-0.05, 0) is 29.9 Å². The van der Waals surface area contributed by atoms with Crippen LogP contribution in [0.5, 0.6) is 0 Å². The second kappa shape index (κ2) is 2.83. The van der Waals surface area contributed by atoms with Crippen molar-refractivity contribution in [3.63, 3.8) is 0 Å². The number of nitrogens with zero attached hydrogens (tertiary/aromatic N) is 1. The van der Waals surface area contributed by atoms with E-state index in [0.717, 1.165) is 18.4 Å². The summed E-state index contributed by atoms with van der Waals surface area (Å²) in [5.74, 6) is 0.153. The van der Waals surface area contributed by atoms with Crippen LogP contribution in [0, 0.1) is 0 Å². The number of pyridine rings is 1. The topological polar surface area (TPSA) is 56.0 Å². The zero-order valence-electron chi connectivity index (χ0n) is 7.58. The van der Waals surface area contributed by atoms with E-state index in [2.05, 4.69) is 11.9 Å². The van der Waals surface area contributed by atoms with Gasteiger partial charge in [-0.25, -0.2) is 0 Å². The van der Waals surface area contributed by atoms with Crippen LogP contribution in [0.1, 0.15) is 40.7 Å². The second-order valence-electron chi connectivity index (χ2n) is 3.56. The molecule has 1 aromatic rings. The SMILES string of the molecule is CC1CCc2c(C(N)=O)cncc21. The molecular weight excluding hydrogens is 164 g/mol. The van der Waals surface area contributed by atoms with E-state index in [4.69, 9.17) is 5.73 Å². The van der Waals surface area contributed by atoms with Crippen molar-refractivity contribution in [2.75, 3.05) is 0 Å². The molecule has 0 aliphatic heterocycles. The monoisotopic (exact) mass is 176 g/mol. The Balaban J connectivity index is 2.57. The molecule has 1 aliphatic carbocycles. The van der Waals surface area contributed by atoms with Gasteiger partial charge in [-0.2, -0.15) is 0 Å². The lowest BCUT2D eigenvalue weighted by Crippen LogP contribution is -2.14. The molecule has 68 valence electrons. The maximum Gasteiger partial charge on any atom is 0.250 e. The fourth-order valence-corrected chi connectivity index (χ4v) is 1.94. The standard InChI is InChI=1S/C10H12N2O/c1-6-2-3-7-8(6)4-12-5-9(7)10(11)13/h4-6H,2-3H2,1H3,(H2,11,13). The van der Waals surface area contributed by atoms with Crippen LogP contribution in [0.15, 0.2) is 12.4 Å². The number of primary amides is 1. The molecule has 1 atom stereocenters. The molecule has 2 rings (SSSR count). The second-order valence-corrected chi connectivity index (χ2v) is 3.56. The predicted molar refractivity (Wildman–Crippen MR) is 49.5 cm³/mol. The average Bonchev–Trinajstić information content (AvgIpc) is 2.48. The summed E-state index contributed by atoms with van der Waals surface area (Å²) in [5.41, 5.74) is 8.15. The van der Waals surface area contributed by atoms with Crippen molar-refractivity contribution in [1.82, 2.24) is 4.98 Å². The normalized spacial score (nSPS) is 19.9. The number of rotatable bonds is 1. The van der Waals surface area contributed by atoms with Gasteiger partial charge in [0.2, 0.25) is 0 Å². The summed E-state index contributed by atoms with van der Waals surface area (Å²) in [6.45, 7) is 2.15. The average molecular weight is 176 g/mol. The fourth-order valence-electron chi connectivity index (χ4n) is 1.94. The fraction of sp³-hybridized carbons (Fsp3) is 0.400. The summed E-state index contributed by atoms with van der Waals surface area (Å²) >= 11 is 0. The van der Waals surface area contributed by atoms with E-state index < -0.39 is 0 Å². The van der Waals surface area contributed by atoms with Gasteiger partial charge >= 0.3 is 0 Å². The minimum Gasteiger partial charge on any atom is -0.366 e. The maximum atomic E-state index is 11.0. The molecule has 0 bridgehead atoms. The molecule has 3 heteroatoms. The minimum absolute atomic E-state index is 0.363. The smallest absolute Gasteiger partial charge is 0.250 e. The highest BCUT2D eigenvalue weighted by Crippen LogP contribution is 2.33. The van der Waals surface area contributed by atoms with Crippen molar-refractivity contribution >= 4 is 5.91 Å². The number of carbonyl (C=O) groups is 1. The van der Waals surface area contributed by atoms with E-state index in [1.54, 1.807) is 6.20 Å². The zero-order valence-corrected chi connectivity index (χ0v) is 7.58. The Morgan fingerprint density at radius 1 is 1.62 bits per heavy atom. The first kappa shape index (κ1) is 8.23. The molecule has 1 aromatic heterocycles. The Kier molecular flexibility index (Phi) is 1.79. The number of fused-ring (bicyclic) bond motifs is 1. The number of hydrogen-bond donors (Lipinski definition) is 1. The third-order valence-electron chi connectivity index (χ3n) is 2.71. The van der Waals surface area contributed by atoms with E-state index in [1.807, 2.05) is 6.20 Å². The van der Waals surface area contributed by atoms with Gasteiger partial charge in [0.25, 0.3) is 5.91 Å². The van der Waals surface area contributed by atoms with Crippen LogP contribution in [-0.2, 0) is 6.42 Å². The quantitative estimate of drug-likeness (QED) is 0.699. The van der Waals surface area contributed by atoms with Crippen molar-refractivity contribution in [3.8, 4) is 0 Å². The Bertz CT molecular complexity index is 360. The minimum atomic E-state index is -0.363. The van der Waals surface area contributed by atoms with Crippen LogP contribution in [-0.4, -0.2) is 10.9 Å². The van der Waals surface area contributed by atoms with Gasteiger partial charge in [-0.1, -0.05) is 6.92 Å². The summed E-state index contributed by atoms with van der Waals surface area (Å²) < 4.78 is 0. The number of hydrogen-bond acceptors (Lipinski definition) is 2. The van der Waals surface area contributed by atoms with E-state index in [1.165, 1.54) is 5.56 Å². The van der Waals surface area contributed by atoms with Crippen LogP contribution in [0.2, 0.25) is 0 Å². The summed E-state index contributed by atoms with van der Waals surface area (Å²) in [6, 6.07) is 0. The number of amides is 1. The van der Waals surface area contributed by atoms with Gasteiger partial charge in [0, 0.05) is 12.4 Å². The van der Waals surface area contributed by atoms with Crippen molar-refractivity contribution in [2.24, 2.45) is 5.73 Å². The third kappa shape index (κ3) is 1.20. The van der Waals surface area contributed by atoms with Gasteiger partial charge in [0.15, 0.2) is 0 Å². The summed E-state index contributed by atoms with van der Waals surface area (Å²) in [5, 5.41) is 0. The molecule has 1 amide bonds. The lowest BCUT2D eigenvalue weighted by Gasteiger charge is -2.05. The predicted octanol–water partition coefficient (Wildman–Crippen LogP) is 1.23. The lowest BCUT2D eigenvalue weighted by molar-refractivity contribution is 0.0999. The van der Waals surface area contributed by atoms with Gasteiger partial charge in [-0.15, -0.1) is 0 Å². The van der Waals surface area contributed by atoms with Crippen molar-refractivity contribution in [3.05, 3.63) is 29.1 Å². The number of carbonyl (C=O) groups excluding carboxylic acids is 1. The Morgan fingerprint density at radius 3 is 3.08 bits per heavy atom. The molecule has 0 saturated heterocycles. The third-order valence-corrected chi connectivity index (χ3v) is 2.71. The summed E-state index contributed by atoms with van der Waals surface area (Å²) in [6.07, 6.45) is 5.47. The number of aromatic nitrogens is 1. The molecule has 2 N–H and O–H groups in total. The zero-order chi connectivity index (χ0) is 9.42. The van der Waals surface area contributed by atoms with Crippen LogP contribution in [0.25, 0.3) is 0 Å². The van der Waals surface area contributed by atoms with Gasteiger partial charge < -0.3 is 5.73 Å². The number of nitrogens with two attached hydrogens (primary N) is 1. The highest BCUT2D eigenvalue weighted by atomic mass is 16.1. The van der Waals surface area contributed by atoms with Gasteiger partial charge in [0.05, 0.1) is 5.56 Å². The molecule has 13 heavy (non-hydrogen) atoms. The van der Waals surface area contributed by atoms with Gasteiger partial charge in [-0.3, -0.25) is 9.78 Å². The van der Waals surface area contributed by atoms with Crippen LogP contribution in [0.3, 0.4) is 0 Å². The highest BCUT2D eigenvalue weighted by molar-refractivity contribution is 5.94. The van der Waals surface area contributed by atoms with E-state index in [9.17, 15) is 4.79 Å². The molecule has 0 saturated carbocycles. The molecule has 0 fully saturated rings. The molecule has 3 nitrogen and oxygen atoms in total. The first-order valence-electron chi connectivity index (χ1n) is 4.46. The Morgan fingerprint density at radius 2 is 2.38 bits per heavy atom. The molecular formula is C10H12N2O. The largest absolute Gasteiger partial charge is 0.366 e. The lowest BCUT2D eigenvalue weighted by atomic mass is 10.0. The van der Waals surface area contributed by atoms with Crippen molar-refractivity contribution < 1.29 is 4.79 Å². The van der Waals surface area contributed by atoms with E-state index in [0.29, 0.717) is 11.5 Å².